The SMILES string of the molecule is CC(C)(C)c1ccnc(-n2c3ccccc3c3ccc(Oc4cccc(N5C=C(c6ccccc6)CN5)c4)cc32)c1. The van der Waals surface area contributed by atoms with Gasteiger partial charge in [0.05, 0.1) is 16.7 Å². The second-order valence-electron chi connectivity index (χ2n) is 11.5. The van der Waals surface area contributed by atoms with Crippen LogP contribution in [0.4, 0.5) is 5.69 Å². The quantitative estimate of drug-likeness (QED) is 0.239. The summed E-state index contributed by atoms with van der Waals surface area (Å²) in [6.45, 7) is 7.47. The summed E-state index contributed by atoms with van der Waals surface area (Å²) in [5, 5.41) is 4.43. The van der Waals surface area contributed by atoms with Gasteiger partial charge in [-0.3, -0.25) is 9.58 Å². The van der Waals surface area contributed by atoms with Gasteiger partial charge < -0.3 is 4.74 Å². The van der Waals surface area contributed by atoms with E-state index in [0.29, 0.717) is 0 Å². The van der Waals surface area contributed by atoms with E-state index < -0.39 is 0 Å². The Bertz CT molecular complexity index is 1910. The van der Waals surface area contributed by atoms with Crippen LogP contribution < -0.4 is 15.2 Å². The molecule has 1 aliphatic heterocycles. The van der Waals surface area contributed by atoms with Crippen molar-refractivity contribution in [3.05, 3.63) is 133 Å². The van der Waals surface area contributed by atoms with Gasteiger partial charge in [-0.25, -0.2) is 10.4 Å². The summed E-state index contributed by atoms with van der Waals surface area (Å²) in [7, 11) is 0. The molecular weight excluding hydrogens is 504 g/mol. The third-order valence-corrected chi connectivity index (χ3v) is 7.69. The standard InChI is InChI=1S/C36H32N4O/c1-36(2,3)27-18-19-37-35(20-27)40-33-15-8-7-14-31(33)32-17-16-30(22-34(32)40)41-29-13-9-12-28(21-29)39-24-26(23-38-39)25-10-5-4-6-11-25/h4-22,24,38H,23H2,1-3H3. The molecule has 0 amide bonds. The Labute approximate surface area is 240 Å². The molecule has 0 fully saturated rings. The van der Waals surface area contributed by atoms with Crippen LogP contribution in [0.2, 0.25) is 0 Å². The smallest absolute Gasteiger partial charge is 0.137 e. The van der Waals surface area contributed by atoms with Gasteiger partial charge in [0.1, 0.15) is 17.3 Å². The van der Waals surface area contributed by atoms with Crippen molar-refractivity contribution in [3.63, 3.8) is 0 Å². The lowest BCUT2D eigenvalue weighted by Gasteiger charge is -2.20. The highest BCUT2D eigenvalue weighted by molar-refractivity contribution is 6.09. The van der Waals surface area contributed by atoms with Crippen LogP contribution in [0, 0.1) is 0 Å². The molecule has 3 heterocycles. The van der Waals surface area contributed by atoms with E-state index in [4.69, 9.17) is 9.72 Å². The summed E-state index contributed by atoms with van der Waals surface area (Å²) in [6.07, 6.45) is 4.06. The summed E-state index contributed by atoms with van der Waals surface area (Å²) in [5.74, 6) is 2.46. The molecule has 2 aromatic heterocycles. The summed E-state index contributed by atoms with van der Waals surface area (Å²) in [5.41, 5.74) is 10.4. The van der Waals surface area contributed by atoms with Crippen LogP contribution in [0.5, 0.6) is 11.5 Å². The fraction of sp³-hybridized carbons (Fsp3) is 0.139. The van der Waals surface area contributed by atoms with Crippen molar-refractivity contribution < 1.29 is 4.74 Å². The molecule has 1 aliphatic rings. The number of nitrogens with one attached hydrogen (secondary N) is 1. The first kappa shape index (κ1) is 25.1. The van der Waals surface area contributed by atoms with Crippen molar-refractivity contribution in [1.29, 1.82) is 0 Å². The van der Waals surface area contributed by atoms with Crippen LogP contribution >= 0.6 is 0 Å². The molecule has 202 valence electrons. The Morgan fingerprint density at radius 1 is 0.732 bits per heavy atom. The fourth-order valence-electron chi connectivity index (χ4n) is 5.51. The lowest BCUT2D eigenvalue weighted by atomic mass is 9.88. The van der Waals surface area contributed by atoms with Crippen molar-refractivity contribution >= 4 is 33.1 Å². The van der Waals surface area contributed by atoms with E-state index in [1.54, 1.807) is 0 Å². The predicted octanol–water partition coefficient (Wildman–Crippen LogP) is 8.63. The number of hydrogen-bond donors (Lipinski definition) is 1. The molecule has 0 radical (unpaired) electrons. The van der Waals surface area contributed by atoms with E-state index >= 15 is 0 Å². The van der Waals surface area contributed by atoms with Crippen molar-refractivity contribution in [2.24, 2.45) is 0 Å². The molecule has 5 heteroatoms. The average Bonchev–Trinajstić information content (AvgIpc) is 3.61. The number of pyridine rings is 1. The van der Waals surface area contributed by atoms with Crippen molar-refractivity contribution in [3.8, 4) is 17.3 Å². The van der Waals surface area contributed by atoms with Crippen LogP contribution in [0.3, 0.4) is 0 Å². The number of ether oxygens (including phenoxy) is 1. The van der Waals surface area contributed by atoms with Crippen LogP contribution in [0.1, 0.15) is 31.9 Å². The number of nitrogens with zero attached hydrogens (tertiary/aromatic N) is 3. The van der Waals surface area contributed by atoms with E-state index in [1.807, 2.05) is 30.5 Å². The van der Waals surface area contributed by atoms with Gasteiger partial charge >= 0.3 is 0 Å². The highest BCUT2D eigenvalue weighted by Crippen LogP contribution is 2.36. The van der Waals surface area contributed by atoms with E-state index in [0.717, 1.165) is 40.6 Å². The highest BCUT2D eigenvalue weighted by atomic mass is 16.5. The molecule has 1 N–H and O–H groups in total. The topological polar surface area (TPSA) is 42.3 Å². The fourth-order valence-corrected chi connectivity index (χ4v) is 5.51. The maximum Gasteiger partial charge on any atom is 0.137 e. The zero-order chi connectivity index (χ0) is 28.0. The third kappa shape index (κ3) is 4.75. The highest BCUT2D eigenvalue weighted by Gasteiger charge is 2.19. The Balaban J connectivity index is 1.25. The average molecular weight is 537 g/mol. The minimum Gasteiger partial charge on any atom is -0.457 e. The van der Waals surface area contributed by atoms with Gasteiger partial charge in [-0.05, 0) is 64.6 Å². The number of benzene rings is 4. The first-order valence-corrected chi connectivity index (χ1v) is 14.0. The molecule has 7 rings (SSSR count). The lowest BCUT2D eigenvalue weighted by Crippen LogP contribution is -2.28. The van der Waals surface area contributed by atoms with Gasteiger partial charge in [0.25, 0.3) is 0 Å². The molecule has 0 bridgehead atoms. The number of fused-ring (bicyclic) bond motifs is 3. The van der Waals surface area contributed by atoms with Gasteiger partial charge in [-0.15, -0.1) is 0 Å². The van der Waals surface area contributed by atoms with Crippen LogP contribution in [0.15, 0.2) is 122 Å². The summed E-state index contributed by atoms with van der Waals surface area (Å²) >= 11 is 0. The monoisotopic (exact) mass is 536 g/mol. The van der Waals surface area contributed by atoms with Gasteiger partial charge in [0.2, 0.25) is 0 Å². The van der Waals surface area contributed by atoms with E-state index in [1.165, 1.54) is 27.5 Å². The first-order valence-electron chi connectivity index (χ1n) is 14.0. The van der Waals surface area contributed by atoms with Gasteiger partial charge in [-0.1, -0.05) is 75.4 Å². The first-order chi connectivity index (χ1) is 19.9. The number of aromatic nitrogens is 2. The van der Waals surface area contributed by atoms with Gasteiger partial charge in [0, 0.05) is 41.8 Å². The van der Waals surface area contributed by atoms with E-state index in [-0.39, 0.29) is 5.41 Å². The number of rotatable bonds is 5. The van der Waals surface area contributed by atoms with Crippen molar-refractivity contribution in [1.82, 2.24) is 15.0 Å². The lowest BCUT2D eigenvalue weighted by molar-refractivity contribution is 0.483. The molecule has 41 heavy (non-hydrogen) atoms. The molecular formula is C36H32N4O. The molecule has 0 aliphatic carbocycles. The summed E-state index contributed by atoms with van der Waals surface area (Å²) in [4.78, 5) is 4.80. The Morgan fingerprint density at radius 2 is 1.51 bits per heavy atom. The van der Waals surface area contributed by atoms with Gasteiger partial charge in [-0.2, -0.15) is 0 Å². The number of hydrazine groups is 1. The largest absolute Gasteiger partial charge is 0.457 e. The molecule has 0 spiro atoms. The molecule has 0 saturated heterocycles. The molecule has 0 unspecified atom stereocenters. The van der Waals surface area contributed by atoms with Crippen molar-refractivity contribution in [2.45, 2.75) is 26.2 Å². The maximum absolute atomic E-state index is 6.45. The minimum atomic E-state index is 0.0248. The normalized spacial score (nSPS) is 13.6. The maximum atomic E-state index is 6.45. The molecule has 6 aromatic rings. The molecule has 0 atom stereocenters. The predicted molar refractivity (Wildman–Crippen MR) is 169 cm³/mol. The Kier molecular flexibility index (Phi) is 6.10. The van der Waals surface area contributed by atoms with Crippen LogP contribution in [-0.4, -0.2) is 16.1 Å². The van der Waals surface area contributed by atoms with Crippen LogP contribution in [-0.2, 0) is 5.41 Å². The Morgan fingerprint density at radius 3 is 2.37 bits per heavy atom. The number of anilines is 1. The number of hydrogen-bond acceptors (Lipinski definition) is 4. The zero-order valence-electron chi connectivity index (χ0n) is 23.5. The minimum absolute atomic E-state index is 0.0248. The third-order valence-electron chi connectivity index (χ3n) is 7.69. The number of para-hydroxylation sites is 1. The second kappa shape index (κ2) is 9.95. The second-order valence-corrected chi connectivity index (χ2v) is 11.5. The van der Waals surface area contributed by atoms with Crippen LogP contribution in [0.25, 0.3) is 33.2 Å². The summed E-state index contributed by atoms with van der Waals surface area (Å²) in [6, 6.07) is 37.7. The Hall–Kier alpha value is -4.87. The zero-order valence-corrected chi connectivity index (χ0v) is 23.5. The molecule has 5 nitrogen and oxygen atoms in total. The molecule has 0 saturated carbocycles. The van der Waals surface area contributed by atoms with Gasteiger partial charge in [0.15, 0.2) is 0 Å². The summed E-state index contributed by atoms with van der Waals surface area (Å²) < 4.78 is 8.70. The van der Waals surface area contributed by atoms with E-state index in [2.05, 4.69) is 127 Å². The van der Waals surface area contributed by atoms with Crippen molar-refractivity contribution in [2.75, 3.05) is 11.6 Å². The molecule has 4 aromatic carbocycles. The van der Waals surface area contributed by atoms with E-state index in [9.17, 15) is 0 Å².